The average molecular weight is 483 g/mol. The summed E-state index contributed by atoms with van der Waals surface area (Å²) in [6, 6.07) is 9.63. The fourth-order valence-electron chi connectivity index (χ4n) is 5.43. The molecule has 2 amide bonds. The standard InChI is InChI=1S/C27H38N4O4/c32-25(10-7-19-11-13-28-14-12-19)31-15-3-5-21(18-31)27(35)30-23(17-26(33)34)9-8-22-16-20-4-1-2-6-24(20)29-22/h1-2,4,6,16,19,21,23,28-29H,3,5,7-15,17-18H2,(H,30,35)(H,33,34)/t21-,23-/m1/s1. The van der Waals surface area contributed by atoms with Gasteiger partial charge in [0, 0.05) is 36.8 Å². The molecule has 8 nitrogen and oxygen atoms in total. The number of aliphatic carboxylic acids is 1. The fourth-order valence-corrected chi connectivity index (χ4v) is 5.43. The number of aromatic amines is 1. The van der Waals surface area contributed by atoms with E-state index in [0.717, 1.165) is 61.8 Å². The van der Waals surface area contributed by atoms with E-state index in [4.69, 9.17) is 0 Å². The van der Waals surface area contributed by atoms with Crippen LogP contribution in [0.4, 0.5) is 0 Å². The predicted octanol–water partition coefficient (Wildman–Crippen LogP) is 3.08. The predicted molar refractivity (Wildman–Crippen MR) is 135 cm³/mol. The molecule has 0 saturated carbocycles. The van der Waals surface area contributed by atoms with E-state index in [9.17, 15) is 19.5 Å². The highest BCUT2D eigenvalue weighted by Crippen LogP contribution is 2.22. The van der Waals surface area contributed by atoms with Gasteiger partial charge >= 0.3 is 5.97 Å². The van der Waals surface area contributed by atoms with E-state index >= 15 is 0 Å². The molecule has 0 bridgehead atoms. The van der Waals surface area contributed by atoms with E-state index in [2.05, 4.69) is 21.7 Å². The molecule has 1 aromatic carbocycles. The Morgan fingerprint density at radius 1 is 1.14 bits per heavy atom. The van der Waals surface area contributed by atoms with Crippen LogP contribution in [-0.4, -0.2) is 65.0 Å². The maximum atomic E-state index is 13.1. The first-order valence-electron chi connectivity index (χ1n) is 13.0. The molecule has 2 aliphatic rings. The fraction of sp³-hybridized carbons (Fsp3) is 0.593. The van der Waals surface area contributed by atoms with Crippen molar-refractivity contribution in [2.45, 2.75) is 63.8 Å². The molecule has 2 fully saturated rings. The number of piperidine rings is 2. The number of carbonyl (C=O) groups is 3. The second kappa shape index (κ2) is 12.2. The van der Waals surface area contributed by atoms with Crippen LogP contribution in [0, 0.1) is 11.8 Å². The number of fused-ring (bicyclic) bond motifs is 1. The Balaban J connectivity index is 1.28. The molecule has 2 atom stereocenters. The van der Waals surface area contributed by atoms with Crippen molar-refractivity contribution in [3.05, 3.63) is 36.0 Å². The number of carboxylic acids is 1. The zero-order valence-corrected chi connectivity index (χ0v) is 20.4. The first-order chi connectivity index (χ1) is 17.0. The van der Waals surface area contributed by atoms with Gasteiger partial charge in [0.1, 0.15) is 0 Å². The van der Waals surface area contributed by atoms with E-state index < -0.39 is 12.0 Å². The molecular formula is C27H38N4O4. The molecule has 190 valence electrons. The van der Waals surface area contributed by atoms with Crippen LogP contribution in [0.1, 0.15) is 57.1 Å². The number of nitrogens with zero attached hydrogens (tertiary/aromatic N) is 1. The number of para-hydroxylation sites is 1. The van der Waals surface area contributed by atoms with Gasteiger partial charge in [0.25, 0.3) is 0 Å². The van der Waals surface area contributed by atoms with Crippen LogP contribution in [0.2, 0.25) is 0 Å². The number of carboxylic acid groups (broad SMARTS) is 1. The van der Waals surface area contributed by atoms with Crippen molar-refractivity contribution in [1.82, 2.24) is 20.5 Å². The minimum absolute atomic E-state index is 0.114. The lowest BCUT2D eigenvalue weighted by atomic mass is 9.92. The number of carbonyl (C=O) groups excluding carboxylic acids is 2. The summed E-state index contributed by atoms with van der Waals surface area (Å²) in [5.74, 6) is -0.593. The van der Waals surface area contributed by atoms with Gasteiger partial charge in [0.05, 0.1) is 12.3 Å². The summed E-state index contributed by atoms with van der Waals surface area (Å²) in [4.78, 5) is 42.5. The highest BCUT2D eigenvalue weighted by molar-refractivity contribution is 5.82. The van der Waals surface area contributed by atoms with Gasteiger partial charge in [-0.05, 0) is 81.5 Å². The number of hydrogen-bond acceptors (Lipinski definition) is 4. The normalized spacial score (nSPS) is 20.0. The summed E-state index contributed by atoms with van der Waals surface area (Å²) in [6.45, 7) is 3.19. The number of aryl methyl sites for hydroxylation is 1. The summed E-state index contributed by atoms with van der Waals surface area (Å²) in [5.41, 5.74) is 2.08. The zero-order valence-electron chi connectivity index (χ0n) is 20.4. The number of hydrogen-bond donors (Lipinski definition) is 4. The molecule has 2 saturated heterocycles. The summed E-state index contributed by atoms with van der Waals surface area (Å²) in [5, 5.41) is 16.8. The Morgan fingerprint density at radius 2 is 1.94 bits per heavy atom. The molecule has 8 heteroatoms. The van der Waals surface area contributed by atoms with Crippen LogP contribution < -0.4 is 10.6 Å². The van der Waals surface area contributed by atoms with Crippen LogP contribution in [0.15, 0.2) is 30.3 Å². The number of H-pyrrole nitrogens is 1. The minimum Gasteiger partial charge on any atom is -0.481 e. The van der Waals surface area contributed by atoms with Crippen molar-refractivity contribution < 1.29 is 19.5 Å². The second-order valence-electron chi connectivity index (χ2n) is 10.1. The van der Waals surface area contributed by atoms with E-state index in [1.54, 1.807) is 0 Å². The number of amides is 2. The molecule has 0 aliphatic carbocycles. The topological polar surface area (TPSA) is 115 Å². The lowest BCUT2D eigenvalue weighted by Crippen LogP contribution is -2.48. The van der Waals surface area contributed by atoms with E-state index in [-0.39, 0.29) is 24.2 Å². The summed E-state index contributed by atoms with van der Waals surface area (Å²) in [7, 11) is 0. The van der Waals surface area contributed by atoms with Crippen molar-refractivity contribution in [3.8, 4) is 0 Å². The van der Waals surface area contributed by atoms with Gasteiger partial charge in [-0.2, -0.15) is 0 Å². The molecule has 1 aromatic heterocycles. The van der Waals surface area contributed by atoms with Gasteiger partial charge in [-0.3, -0.25) is 14.4 Å². The third-order valence-corrected chi connectivity index (χ3v) is 7.49. The Bertz CT molecular complexity index is 981. The van der Waals surface area contributed by atoms with Crippen LogP contribution >= 0.6 is 0 Å². The number of benzene rings is 1. The van der Waals surface area contributed by atoms with Crippen LogP contribution in [0.25, 0.3) is 10.9 Å². The Kier molecular flexibility index (Phi) is 8.79. The quantitative estimate of drug-likeness (QED) is 0.416. The van der Waals surface area contributed by atoms with E-state index in [0.29, 0.717) is 38.3 Å². The van der Waals surface area contributed by atoms with E-state index in [1.807, 2.05) is 29.2 Å². The largest absolute Gasteiger partial charge is 0.481 e. The van der Waals surface area contributed by atoms with Crippen molar-refractivity contribution in [2.75, 3.05) is 26.2 Å². The van der Waals surface area contributed by atoms with Crippen molar-refractivity contribution >= 4 is 28.7 Å². The SMILES string of the molecule is O=C(O)C[C@@H](CCc1cc2ccccc2[nH]1)NC(=O)[C@@H]1CCCN(C(=O)CCC2CCNCC2)C1. The molecule has 4 N–H and O–H groups in total. The molecule has 35 heavy (non-hydrogen) atoms. The van der Waals surface area contributed by atoms with E-state index in [1.165, 1.54) is 0 Å². The lowest BCUT2D eigenvalue weighted by molar-refractivity contribution is -0.138. The van der Waals surface area contributed by atoms with Gasteiger partial charge in [-0.1, -0.05) is 18.2 Å². The number of likely N-dealkylation sites (tertiary alicyclic amines) is 1. The van der Waals surface area contributed by atoms with Crippen molar-refractivity contribution in [2.24, 2.45) is 11.8 Å². The first-order valence-corrected chi connectivity index (χ1v) is 13.0. The molecule has 0 unspecified atom stereocenters. The van der Waals surface area contributed by atoms with Crippen LogP contribution in [0.3, 0.4) is 0 Å². The van der Waals surface area contributed by atoms with Crippen molar-refractivity contribution in [1.29, 1.82) is 0 Å². The number of aromatic nitrogens is 1. The highest BCUT2D eigenvalue weighted by atomic mass is 16.4. The summed E-state index contributed by atoms with van der Waals surface area (Å²) < 4.78 is 0. The Hall–Kier alpha value is -2.87. The molecule has 4 rings (SSSR count). The van der Waals surface area contributed by atoms with Crippen LogP contribution in [-0.2, 0) is 20.8 Å². The average Bonchev–Trinajstić information content (AvgIpc) is 3.29. The molecule has 3 heterocycles. The minimum atomic E-state index is -0.926. The third kappa shape index (κ3) is 7.31. The van der Waals surface area contributed by atoms with Crippen LogP contribution in [0.5, 0.6) is 0 Å². The first kappa shape index (κ1) is 25.2. The highest BCUT2D eigenvalue weighted by Gasteiger charge is 2.30. The summed E-state index contributed by atoms with van der Waals surface area (Å²) in [6.07, 6.45) is 6.32. The van der Waals surface area contributed by atoms with Gasteiger partial charge < -0.3 is 25.6 Å². The third-order valence-electron chi connectivity index (χ3n) is 7.49. The summed E-state index contributed by atoms with van der Waals surface area (Å²) >= 11 is 0. The maximum Gasteiger partial charge on any atom is 0.305 e. The van der Waals surface area contributed by atoms with Crippen molar-refractivity contribution in [3.63, 3.8) is 0 Å². The Labute approximate surface area is 206 Å². The molecule has 0 spiro atoms. The monoisotopic (exact) mass is 482 g/mol. The molecule has 2 aromatic rings. The van der Waals surface area contributed by atoms with Gasteiger partial charge in [-0.25, -0.2) is 0 Å². The molecule has 0 radical (unpaired) electrons. The lowest BCUT2D eigenvalue weighted by Gasteiger charge is -2.33. The second-order valence-corrected chi connectivity index (χ2v) is 10.1. The zero-order chi connectivity index (χ0) is 24.6. The number of rotatable bonds is 10. The number of nitrogens with one attached hydrogen (secondary N) is 3. The van der Waals surface area contributed by atoms with Gasteiger partial charge in [-0.15, -0.1) is 0 Å². The van der Waals surface area contributed by atoms with Gasteiger partial charge in [0.15, 0.2) is 0 Å². The maximum absolute atomic E-state index is 13.1. The molecule has 2 aliphatic heterocycles. The van der Waals surface area contributed by atoms with Gasteiger partial charge in [0.2, 0.25) is 11.8 Å². The Morgan fingerprint density at radius 3 is 2.71 bits per heavy atom. The molecular weight excluding hydrogens is 444 g/mol. The smallest absolute Gasteiger partial charge is 0.305 e.